The van der Waals surface area contributed by atoms with Gasteiger partial charge in [-0.3, -0.25) is 9.79 Å². The van der Waals surface area contributed by atoms with E-state index in [9.17, 15) is 4.79 Å². The molecule has 3 rings (SSSR count). The molecule has 1 unspecified atom stereocenters. The molecule has 0 spiro atoms. The molecule has 1 saturated heterocycles. The number of carbonyl (C=O) groups is 1. The molecule has 0 radical (unpaired) electrons. The highest BCUT2D eigenvalue weighted by molar-refractivity contribution is 14.0. The summed E-state index contributed by atoms with van der Waals surface area (Å²) in [6, 6.07) is 10.7. The van der Waals surface area contributed by atoms with Crippen LogP contribution in [0.5, 0.6) is 0 Å². The third-order valence-corrected chi connectivity index (χ3v) is 5.52. The van der Waals surface area contributed by atoms with E-state index >= 15 is 0 Å². The minimum atomic E-state index is -0.199. The van der Waals surface area contributed by atoms with E-state index < -0.39 is 0 Å². The summed E-state index contributed by atoms with van der Waals surface area (Å²) in [5.74, 6) is 1.12. The lowest BCUT2D eigenvalue weighted by Gasteiger charge is -2.35. The van der Waals surface area contributed by atoms with Crippen molar-refractivity contribution in [1.29, 1.82) is 0 Å². The quantitative estimate of drug-likeness (QED) is 0.382. The van der Waals surface area contributed by atoms with Crippen molar-refractivity contribution in [2.45, 2.75) is 38.5 Å². The van der Waals surface area contributed by atoms with Crippen molar-refractivity contribution in [2.24, 2.45) is 22.1 Å². The molecular formula is C20H31IN4O. The van der Waals surface area contributed by atoms with Gasteiger partial charge in [0, 0.05) is 33.1 Å². The number of halogens is 1. The number of nitrogens with one attached hydrogen (secondary N) is 1. The number of likely N-dealkylation sites (tertiary alicyclic amines) is 1. The second-order valence-electron chi connectivity index (χ2n) is 7.69. The van der Waals surface area contributed by atoms with Gasteiger partial charge in [0.2, 0.25) is 5.91 Å². The van der Waals surface area contributed by atoms with E-state index in [1.54, 1.807) is 0 Å². The number of carbonyl (C=O) groups excluding carboxylic acids is 1. The van der Waals surface area contributed by atoms with Crippen molar-refractivity contribution in [3.8, 4) is 0 Å². The van der Waals surface area contributed by atoms with E-state index in [2.05, 4.69) is 45.5 Å². The lowest BCUT2D eigenvalue weighted by atomic mass is 9.94. The number of hydrogen-bond acceptors (Lipinski definition) is 2. The van der Waals surface area contributed by atoms with Crippen molar-refractivity contribution in [3.63, 3.8) is 0 Å². The molecule has 1 heterocycles. The van der Waals surface area contributed by atoms with Gasteiger partial charge in [-0.25, -0.2) is 0 Å². The van der Waals surface area contributed by atoms with Crippen LogP contribution in [0.1, 0.15) is 37.7 Å². The Bertz CT molecular complexity index is 615. The Hall–Kier alpha value is -1.31. The smallest absolute Gasteiger partial charge is 0.217 e. The van der Waals surface area contributed by atoms with Gasteiger partial charge in [-0.05, 0) is 49.0 Å². The maximum atomic E-state index is 11.2. The number of guanidine groups is 1. The van der Waals surface area contributed by atoms with Crippen molar-refractivity contribution in [2.75, 3.05) is 26.7 Å². The van der Waals surface area contributed by atoms with Crippen molar-refractivity contribution >= 4 is 35.8 Å². The Labute approximate surface area is 173 Å². The minimum Gasteiger partial charge on any atom is -0.370 e. The maximum absolute atomic E-state index is 11.2. The molecule has 0 bridgehead atoms. The zero-order valence-electron chi connectivity index (χ0n) is 15.6. The standard InChI is InChI=1S/C20H30N4O.HI/c1-22-19(24-11-5-8-17(14-24)12-18(21)25)23-15-20(9-10-20)13-16-6-3-2-4-7-16;/h2-4,6-7,17H,5,8-15H2,1H3,(H2,21,25)(H,22,23);1H. The molecule has 0 aromatic heterocycles. The van der Waals surface area contributed by atoms with Gasteiger partial charge < -0.3 is 16.0 Å². The minimum absolute atomic E-state index is 0. The monoisotopic (exact) mass is 470 g/mol. The highest BCUT2D eigenvalue weighted by atomic mass is 127. The molecule has 5 nitrogen and oxygen atoms in total. The summed E-state index contributed by atoms with van der Waals surface area (Å²) >= 11 is 0. The molecule has 1 aliphatic carbocycles. The van der Waals surface area contributed by atoms with Crippen molar-refractivity contribution in [1.82, 2.24) is 10.2 Å². The first-order chi connectivity index (χ1) is 12.1. The molecule has 1 amide bonds. The van der Waals surface area contributed by atoms with Crippen LogP contribution in [0.4, 0.5) is 0 Å². The van der Waals surface area contributed by atoms with Crippen LogP contribution in [0.15, 0.2) is 35.3 Å². The van der Waals surface area contributed by atoms with Crippen LogP contribution in [0.25, 0.3) is 0 Å². The summed E-state index contributed by atoms with van der Waals surface area (Å²) in [5.41, 5.74) is 7.16. The largest absolute Gasteiger partial charge is 0.370 e. The zero-order chi connectivity index (χ0) is 17.7. The molecule has 1 aromatic rings. The van der Waals surface area contributed by atoms with Gasteiger partial charge in [0.05, 0.1) is 0 Å². The van der Waals surface area contributed by atoms with Gasteiger partial charge in [0.25, 0.3) is 0 Å². The van der Waals surface area contributed by atoms with Crippen molar-refractivity contribution in [3.05, 3.63) is 35.9 Å². The van der Waals surface area contributed by atoms with Crippen LogP contribution in [-0.4, -0.2) is 43.4 Å². The summed E-state index contributed by atoms with van der Waals surface area (Å²) in [6.07, 6.45) is 6.32. The van der Waals surface area contributed by atoms with Gasteiger partial charge >= 0.3 is 0 Å². The van der Waals surface area contributed by atoms with E-state index in [0.29, 0.717) is 17.8 Å². The fraction of sp³-hybridized carbons (Fsp3) is 0.600. The highest BCUT2D eigenvalue weighted by Crippen LogP contribution is 2.47. The third-order valence-electron chi connectivity index (χ3n) is 5.52. The Morgan fingerprint density at radius 1 is 1.35 bits per heavy atom. The summed E-state index contributed by atoms with van der Waals surface area (Å²) in [7, 11) is 1.84. The van der Waals surface area contributed by atoms with Crippen LogP contribution in [0.3, 0.4) is 0 Å². The first kappa shape index (κ1) is 21.0. The van der Waals surface area contributed by atoms with E-state index in [1.165, 1.54) is 18.4 Å². The Morgan fingerprint density at radius 2 is 2.08 bits per heavy atom. The number of nitrogens with zero attached hydrogens (tertiary/aromatic N) is 2. The van der Waals surface area contributed by atoms with Crippen molar-refractivity contribution < 1.29 is 4.79 Å². The predicted octanol–water partition coefficient (Wildman–Crippen LogP) is 2.79. The van der Waals surface area contributed by atoms with E-state index in [1.807, 2.05) is 7.05 Å². The highest BCUT2D eigenvalue weighted by Gasteiger charge is 2.42. The fourth-order valence-electron chi connectivity index (χ4n) is 3.93. The number of nitrogens with two attached hydrogens (primary N) is 1. The van der Waals surface area contributed by atoms with Gasteiger partial charge in [-0.2, -0.15) is 0 Å². The summed E-state index contributed by atoms with van der Waals surface area (Å²) in [5, 5.41) is 3.60. The molecule has 26 heavy (non-hydrogen) atoms. The number of hydrogen-bond donors (Lipinski definition) is 2. The number of primary amides is 1. The number of piperidine rings is 1. The molecule has 3 N–H and O–H groups in total. The first-order valence-corrected chi connectivity index (χ1v) is 9.38. The first-order valence-electron chi connectivity index (χ1n) is 9.38. The maximum Gasteiger partial charge on any atom is 0.217 e. The molecule has 1 aromatic carbocycles. The molecule has 1 atom stereocenters. The third kappa shape index (κ3) is 5.86. The lowest BCUT2D eigenvalue weighted by Crippen LogP contribution is -2.48. The average molecular weight is 470 g/mol. The van der Waals surface area contributed by atoms with Crippen LogP contribution >= 0.6 is 24.0 Å². The van der Waals surface area contributed by atoms with E-state index in [-0.39, 0.29) is 29.9 Å². The van der Waals surface area contributed by atoms with Crippen LogP contribution in [-0.2, 0) is 11.2 Å². The molecule has 6 heteroatoms. The second kappa shape index (κ2) is 9.58. The zero-order valence-corrected chi connectivity index (χ0v) is 17.9. The molecular weight excluding hydrogens is 439 g/mol. The Morgan fingerprint density at radius 3 is 2.69 bits per heavy atom. The van der Waals surface area contributed by atoms with E-state index in [0.717, 1.165) is 44.9 Å². The summed E-state index contributed by atoms with van der Waals surface area (Å²) in [4.78, 5) is 18.0. The fourth-order valence-corrected chi connectivity index (χ4v) is 3.93. The van der Waals surface area contributed by atoms with Gasteiger partial charge in [0.15, 0.2) is 5.96 Å². The number of amides is 1. The lowest BCUT2D eigenvalue weighted by molar-refractivity contribution is -0.119. The number of benzene rings is 1. The van der Waals surface area contributed by atoms with Gasteiger partial charge in [-0.15, -0.1) is 24.0 Å². The molecule has 144 valence electrons. The molecule has 2 aliphatic rings. The number of aliphatic imine (C=N–C) groups is 1. The topological polar surface area (TPSA) is 70.7 Å². The SMILES string of the molecule is CN=C(NCC1(Cc2ccccc2)CC1)N1CCCC(CC(N)=O)C1.I. The normalized spacial score (nSPS) is 21.7. The van der Waals surface area contributed by atoms with Gasteiger partial charge in [-0.1, -0.05) is 30.3 Å². The summed E-state index contributed by atoms with van der Waals surface area (Å²) in [6.45, 7) is 2.83. The van der Waals surface area contributed by atoms with Crippen LogP contribution in [0.2, 0.25) is 0 Å². The molecule has 1 saturated carbocycles. The number of rotatable bonds is 6. The van der Waals surface area contributed by atoms with E-state index in [4.69, 9.17) is 5.73 Å². The van der Waals surface area contributed by atoms with Gasteiger partial charge in [0.1, 0.15) is 0 Å². The second-order valence-corrected chi connectivity index (χ2v) is 7.69. The molecule has 1 aliphatic heterocycles. The Kier molecular flexibility index (Phi) is 7.73. The molecule has 2 fully saturated rings. The Balaban J connectivity index is 0.00000243. The predicted molar refractivity (Wildman–Crippen MR) is 117 cm³/mol. The average Bonchev–Trinajstić information content (AvgIpc) is 3.36. The summed E-state index contributed by atoms with van der Waals surface area (Å²) < 4.78 is 0. The van der Waals surface area contributed by atoms with Crippen LogP contribution < -0.4 is 11.1 Å². The van der Waals surface area contributed by atoms with Crippen LogP contribution in [0, 0.1) is 11.3 Å².